The number of hydrogen-bond acceptors (Lipinski definition) is 8. The molecule has 4 aromatic rings. The number of fused-ring (bicyclic) bond motifs is 4. The van der Waals surface area contributed by atoms with Crippen LogP contribution in [0.1, 0.15) is 44.7 Å². The van der Waals surface area contributed by atoms with Gasteiger partial charge in [-0.25, -0.2) is 17.8 Å². The summed E-state index contributed by atoms with van der Waals surface area (Å²) in [6, 6.07) is 12.7. The zero-order valence-corrected chi connectivity index (χ0v) is 27.9. The van der Waals surface area contributed by atoms with E-state index in [0.29, 0.717) is 41.5 Å². The third-order valence-electron chi connectivity index (χ3n) is 8.64. The number of benzene rings is 2. The van der Waals surface area contributed by atoms with Crippen molar-refractivity contribution in [2.45, 2.75) is 50.5 Å². The number of halogens is 2. The van der Waals surface area contributed by atoms with Crippen molar-refractivity contribution in [1.29, 1.82) is 0 Å². The second kappa shape index (κ2) is 12.3. The summed E-state index contributed by atoms with van der Waals surface area (Å²) in [6.45, 7) is 6.94. The molecule has 1 saturated carbocycles. The maximum Gasteiger partial charge on any atom is 0.238 e. The molecule has 0 saturated heterocycles. The van der Waals surface area contributed by atoms with Crippen LogP contribution in [0, 0.1) is 5.82 Å². The highest BCUT2D eigenvalue weighted by Crippen LogP contribution is 2.62. The predicted molar refractivity (Wildman–Crippen MR) is 179 cm³/mol. The van der Waals surface area contributed by atoms with Gasteiger partial charge in [0, 0.05) is 46.9 Å². The number of methoxy groups -OCH3 is 1. The summed E-state index contributed by atoms with van der Waals surface area (Å²) in [5, 5.41) is 6.88. The summed E-state index contributed by atoms with van der Waals surface area (Å²) in [6.07, 6.45) is 5.19. The van der Waals surface area contributed by atoms with Crippen LogP contribution in [0.15, 0.2) is 54.9 Å². The number of rotatable bonds is 10. The molecule has 2 aliphatic rings. The molecule has 244 valence electrons. The van der Waals surface area contributed by atoms with E-state index >= 15 is 4.39 Å². The number of amides is 1. The maximum atomic E-state index is 15.7. The Kier molecular flexibility index (Phi) is 8.93. The normalized spacial score (nSPS) is 20.2. The molecular formula is C33H37ClFN5O5S. The van der Waals surface area contributed by atoms with Gasteiger partial charge in [0.05, 0.1) is 36.2 Å². The fraction of sp³-hybridized carbons (Fsp3) is 0.364. The van der Waals surface area contributed by atoms with Crippen LogP contribution in [0.5, 0.6) is 11.6 Å². The maximum absolute atomic E-state index is 15.7. The van der Waals surface area contributed by atoms with E-state index in [0.717, 1.165) is 23.1 Å². The second-order valence-corrected chi connectivity index (χ2v) is 14.2. The largest absolute Gasteiger partial charge is 0.497 e. The summed E-state index contributed by atoms with van der Waals surface area (Å²) in [5.41, 5.74) is 2.52. The highest BCUT2D eigenvalue weighted by molar-refractivity contribution is 7.92. The highest BCUT2D eigenvalue weighted by Gasteiger charge is 2.61. The van der Waals surface area contributed by atoms with Crippen molar-refractivity contribution < 1.29 is 27.1 Å². The number of hydrogen-bond donors (Lipinski definition) is 3. The van der Waals surface area contributed by atoms with Gasteiger partial charge in [0.15, 0.2) is 0 Å². The topological polar surface area (TPSA) is 132 Å². The van der Waals surface area contributed by atoms with E-state index in [1.54, 1.807) is 19.4 Å². The van der Waals surface area contributed by atoms with Gasteiger partial charge in [-0.2, -0.15) is 0 Å². The molecule has 3 N–H and O–H groups in total. The average Bonchev–Trinajstić information content (AvgIpc) is 3.26. The number of sulfonamides is 1. The monoisotopic (exact) mass is 669 g/mol. The molecule has 1 fully saturated rings. The first-order valence-electron chi connectivity index (χ1n) is 14.7. The molecule has 1 amide bonds. The lowest BCUT2D eigenvalue weighted by molar-refractivity contribution is -0.126. The van der Waals surface area contributed by atoms with Crippen LogP contribution in [-0.2, 0) is 25.6 Å². The Morgan fingerprint density at radius 2 is 1.80 bits per heavy atom. The van der Waals surface area contributed by atoms with E-state index in [4.69, 9.17) is 9.47 Å². The summed E-state index contributed by atoms with van der Waals surface area (Å²) < 4.78 is 53.6. The third-order valence-corrected chi connectivity index (χ3v) is 9.23. The SMILES string of the molecule is COc1ccc(C2(C)CC3(C2)C(=O)Nc2cnc4cc(F)c(-c5cnc(OCCNC(C)C)c(NS(C)(=O)=O)c5)cc4c23)cc1.Cl. The molecular weight excluding hydrogens is 633 g/mol. The van der Waals surface area contributed by atoms with Gasteiger partial charge in [-0.05, 0) is 48.1 Å². The van der Waals surface area contributed by atoms with Crippen molar-refractivity contribution in [2.75, 3.05) is 36.6 Å². The van der Waals surface area contributed by atoms with Gasteiger partial charge in [-0.3, -0.25) is 14.5 Å². The van der Waals surface area contributed by atoms with E-state index in [-0.39, 0.29) is 53.5 Å². The van der Waals surface area contributed by atoms with Crippen molar-refractivity contribution in [3.8, 4) is 22.8 Å². The molecule has 1 spiro atoms. The number of nitrogens with one attached hydrogen (secondary N) is 3. The lowest BCUT2D eigenvalue weighted by atomic mass is 9.49. The quantitative estimate of drug-likeness (QED) is 0.187. The Morgan fingerprint density at radius 3 is 2.46 bits per heavy atom. The Balaban J connectivity index is 0.00000417. The third kappa shape index (κ3) is 6.08. The van der Waals surface area contributed by atoms with Gasteiger partial charge in [0.25, 0.3) is 0 Å². The van der Waals surface area contributed by atoms with Gasteiger partial charge in [-0.1, -0.05) is 32.9 Å². The molecule has 46 heavy (non-hydrogen) atoms. The zero-order chi connectivity index (χ0) is 32.1. The molecule has 0 bridgehead atoms. The van der Waals surface area contributed by atoms with Crippen LogP contribution >= 0.6 is 12.4 Å². The Bertz CT molecular complexity index is 1910. The molecule has 1 aliphatic heterocycles. The first-order valence-corrected chi connectivity index (χ1v) is 16.6. The minimum absolute atomic E-state index is 0. The minimum atomic E-state index is -3.69. The van der Waals surface area contributed by atoms with Crippen LogP contribution in [0.3, 0.4) is 0 Å². The van der Waals surface area contributed by atoms with Gasteiger partial charge in [-0.15, -0.1) is 12.4 Å². The number of anilines is 2. The van der Waals surface area contributed by atoms with Crippen LogP contribution < -0.4 is 24.8 Å². The van der Waals surface area contributed by atoms with Gasteiger partial charge < -0.3 is 20.1 Å². The van der Waals surface area contributed by atoms with Crippen molar-refractivity contribution in [2.24, 2.45) is 0 Å². The molecule has 0 radical (unpaired) electrons. The van der Waals surface area contributed by atoms with Gasteiger partial charge >= 0.3 is 0 Å². The summed E-state index contributed by atoms with van der Waals surface area (Å²) in [5.74, 6) is 0.192. The number of pyridine rings is 2. The standard InChI is InChI=1S/C33H36FN5O5S.ClH/c1-19(2)35-10-11-44-30-27(39-45(5,41)42)12-20(15-37-30)23-13-24-26(14-25(23)34)36-16-28-29(24)33(31(40)38-28)17-32(3,18-33)21-6-8-22(43-4)9-7-21;/h6-9,12-16,19,35,39H,10-11,17-18H2,1-5H3,(H,38,40);1H. The van der Waals surface area contributed by atoms with Crippen molar-refractivity contribution in [3.63, 3.8) is 0 Å². The number of carbonyl (C=O) groups excluding carboxylic acids is 1. The van der Waals surface area contributed by atoms with Crippen molar-refractivity contribution in [1.82, 2.24) is 15.3 Å². The van der Waals surface area contributed by atoms with E-state index in [1.807, 2.05) is 38.1 Å². The van der Waals surface area contributed by atoms with E-state index in [1.165, 1.54) is 18.3 Å². The smallest absolute Gasteiger partial charge is 0.238 e. The van der Waals surface area contributed by atoms with Crippen LogP contribution in [-0.4, -0.2) is 56.9 Å². The lowest BCUT2D eigenvalue weighted by Crippen LogP contribution is -2.54. The van der Waals surface area contributed by atoms with E-state index < -0.39 is 21.3 Å². The summed E-state index contributed by atoms with van der Waals surface area (Å²) in [4.78, 5) is 22.4. The molecule has 2 aromatic heterocycles. The van der Waals surface area contributed by atoms with Crippen LogP contribution in [0.4, 0.5) is 15.8 Å². The number of carbonyl (C=O) groups is 1. The molecule has 10 nitrogen and oxygen atoms in total. The highest BCUT2D eigenvalue weighted by atomic mass is 35.5. The molecule has 2 aromatic carbocycles. The van der Waals surface area contributed by atoms with Crippen molar-refractivity contribution in [3.05, 3.63) is 71.8 Å². The molecule has 13 heteroatoms. The van der Waals surface area contributed by atoms with Crippen molar-refractivity contribution >= 4 is 50.6 Å². The molecule has 6 rings (SSSR count). The van der Waals surface area contributed by atoms with Crippen LogP contribution in [0.2, 0.25) is 0 Å². The number of nitrogens with zero attached hydrogens (tertiary/aromatic N) is 2. The lowest BCUT2D eigenvalue weighted by Gasteiger charge is -2.52. The average molecular weight is 670 g/mol. The second-order valence-electron chi connectivity index (χ2n) is 12.5. The number of ether oxygens (including phenoxy) is 2. The molecule has 0 atom stereocenters. The molecule has 3 heterocycles. The fourth-order valence-corrected chi connectivity index (χ4v) is 7.24. The Hall–Kier alpha value is -4.00. The van der Waals surface area contributed by atoms with E-state index in [2.05, 4.69) is 32.2 Å². The Morgan fingerprint density at radius 1 is 1.09 bits per heavy atom. The first kappa shape index (κ1) is 33.4. The zero-order valence-electron chi connectivity index (χ0n) is 26.2. The summed E-state index contributed by atoms with van der Waals surface area (Å²) >= 11 is 0. The molecule has 1 aliphatic carbocycles. The minimum Gasteiger partial charge on any atom is -0.497 e. The van der Waals surface area contributed by atoms with Crippen LogP contribution in [0.25, 0.3) is 22.0 Å². The van der Waals surface area contributed by atoms with Gasteiger partial charge in [0.1, 0.15) is 23.9 Å². The molecule has 0 unspecified atom stereocenters. The number of aromatic nitrogens is 2. The summed E-state index contributed by atoms with van der Waals surface area (Å²) in [7, 11) is -2.07. The first-order chi connectivity index (χ1) is 21.3. The predicted octanol–water partition coefficient (Wildman–Crippen LogP) is 5.56. The Labute approximate surface area is 274 Å². The fourth-order valence-electron chi connectivity index (χ4n) is 6.70. The van der Waals surface area contributed by atoms with Gasteiger partial charge in [0.2, 0.25) is 21.8 Å². The van der Waals surface area contributed by atoms with E-state index in [9.17, 15) is 13.2 Å².